The van der Waals surface area contributed by atoms with Crippen LogP contribution < -0.4 is 15.0 Å². The Morgan fingerprint density at radius 2 is 2.00 bits per heavy atom. The van der Waals surface area contributed by atoms with E-state index in [4.69, 9.17) is 16.3 Å². The topological polar surface area (TPSA) is 94.4 Å². The van der Waals surface area contributed by atoms with Crippen molar-refractivity contribution >= 4 is 29.1 Å². The minimum absolute atomic E-state index is 0.0307. The molecule has 1 aliphatic rings. The number of nitrogens with one attached hydrogen (secondary N) is 1. The summed E-state index contributed by atoms with van der Waals surface area (Å²) in [5.74, 6) is 1.59. The third-order valence-corrected chi connectivity index (χ3v) is 5.42. The maximum Gasteiger partial charge on any atom is 0.275 e. The number of hydrogen-bond acceptors (Lipinski definition) is 7. The van der Waals surface area contributed by atoms with E-state index in [-0.39, 0.29) is 29.4 Å². The number of anilines is 2. The molecular formula is C23H29ClN6O2. The first kappa shape index (κ1) is 23.6. The fraction of sp³-hybridized carbons (Fsp3) is 0.478. The second-order valence-electron chi connectivity index (χ2n) is 8.42. The number of carbonyl (C=O) groups is 1. The summed E-state index contributed by atoms with van der Waals surface area (Å²) in [5, 5.41) is 13.6. The molecule has 1 aromatic carbocycles. The number of nitriles is 1. The second-order valence-corrected chi connectivity index (χ2v) is 8.85. The second kappa shape index (κ2) is 10.0. The summed E-state index contributed by atoms with van der Waals surface area (Å²) in [6, 6.07) is 7.75. The minimum Gasteiger partial charge on any atom is -0.490 e. The first-order valence-corrected chi connectivity index (χ1v) is 11.1. The van der Waals surface area contributed by atoms with Crippen molar-refractivity contribution in [3.05, 3.63) is 40.2 Å². The normalized spacial score (nSPS) is 14.2. The largest absolute Gasteiger partial charge is 0.490 e. The number of hydrogen-bond donors (Lipinski definition) is 1. The van der Waals surface area contributed by atoms with Crippen LogP contribution in [0, 0.1) is 18.3 Å². The van der Waals surface area contributed by atoms with E-state index in [1.54, 1.807) is 14.1 Å². The smallest absolute Gasteiger partial charge is 0.275 e. The summed E-state index contributed by atoms with van der Waals surface area (Å²) in [6.07, 6.45) is 1.67. The van der Waals surface area contributed by atoms with Crippen LogP contribution in [-0.2, 0) is 0 Å². The highest BCUT2D eigenvalue weighted by Gasteiger charge is 2.27. The monoisotopic (exact) mass is 456 g/mol. The van der Waals surface area contributed by atoms with Gasteiger partial charge in [0, 0.05) is 51.1 Å². The Morgan fingerprint density at radius 1 is 1.31 bits per heavy atom. The summed E-state index contributed by atoms with van der Waals surface area (Å²) >= 11 is 6.04. The van der Waals surface area contributed by atoms with Gasteiger partial charge in [-0.15, -0.1) is 0 Å². The third-order valence-electron chi connectivity index (χ3n) is 5.19. The van der Waals surface area contributed by atoms with Crippen LogP contribution in [0.25, 0.3) is 0 Å². The molecule has 0 aliphatic carbocycles. The van der Waals surface area contributed by atoms with Crippen LogP contribution in [-0.4, -0.2) is 60.1 Å². The van der Waals surface area contributed by atoms with Gasteiger partial charge in [-0.05, 0) is 44.5 Å². The molecule has 0 radical (unpaired) electrons. The molecule has 8 nitrogen and oxygen atoms in total. The molecule has 9 heteroatoms. The standard InChI is InChI=1S/C23H29ClN6O2/c1-14(2)26-21-22(27-18(13-25)20(28-21)23(31)29(4)5)30-10-8-17(9-11-30)32-19-7-6-16(24)12-15(19)3/h6-7,12,14,17H,8-11H2,1-5H3,(H,26,28). The molecule has 1 aromatic heterocycles. The van der Waals surface area contributed by atoms with Crippen LogP contribution in [0.3, 0.4) is 0 Å². The highest BCUT2D eigenvalue weighted by molar-refractivity contribution is 6.30. The zero-order valence-corrected chi connectivity index (χ0v) is 19.9. The molecule has 2 heterocycles. The molecule has 170 valence electrons. The first-order chi connectivity index (χ1) is 15.2. The van der Waals surface area contributed by atoms with Crippen molar-refractivity contribution in [3.8, 4) is 11.8 Å². The lowest BCUT2D eigenvalue weighted by atomic mass is 10.1. The van der Waals surface area contributed by atoms with Crippen molar-refractivity contribution in [1.29, 1.82) is 5.26 Å². The zero-order chi connectivity index (χ0) is 23.4. The van der Waals surface area contributed by atoms with E-state index in [1.807, 2.05) is 45.0 Å². The predicted octanol–water partition coefficient (Wildman–Crippen LogP) is 3.88. The first-order valence-electron chi connectivity index (χ1n) is 10.7. The average molecular weight is 457 g/mol. The SMILES string of the molecule is Cc1cc(Cl)ccc1OC1CCN(c2nc(C#N)c(C(=O)N(C)C)nc2NC(C)C)CC1. The number of amides is 1. The van der Waals surface area contributed by atoms with Crippen molar-refractivity contribution < 1.29 is 9.53 Å². The number of rotatable bonds is 6. The van der Waals surface area contributed by atoms with E-state index in [9.17, 15) is 10.1 Å². The lowest BCUT2D eigenvalue weighted by Gasteiger charge is -2.34. The Labute approximate surface area is 194 Å². The molecular weight excluding hydrogens is 428 g/mol. The Morgan fingerprint density at radius 3 is 2.56 bits per heavy atom. The Balaban J connectivity index is 1.81. The maximum absolute atomic E-state index is 12.5. The summed E-state index contributed by atoms with van der Waals surface area (Å²) in [5.41, 5.74) is 1.10. The highest BCUT2D eigenvalue weighted by Crippen LogP contribution is 2.30. The lowest BCUT2D eigenvalue weighted by Crippen LogP contribution is -2.39. The van der Waals surface area contributed by atoms with E-state index in [2.05, 4.69) is 20.2 Å². The number of nitrogens with zero attached hydrogens (tertiary/aromatic N) is 5. The number of aromatic nitrogens is 2. The van der Waals surface area contributed by atoms with Gasteiger partial charge in [0.05, 0.1) is 0 Å². The highest BCUT2D eigenvalue weighted by atomic mass is 35.5. The number of benzene rings is 1. The molecule has 0 bridgehead atoms. The van der Waals surface area contributed by atoms with Crippen molar-refractivity contribution in [2.75, 3.05) is 37.4 Å². The number of aryl methyl sites for hydroxylation is 1. The summed E-state index contributed by atoms with van der Waals surface area (Å²) in [7, 11) is 3.25. The Hall–Kier alpha value is -3.05. The summed E-state index contributed by atoms with van der Waals surface area (Å²) < 4.78 is 6.20. The Kier molecular flexibility index (Phi) is 7.41. The fourth-order valence-electron chi connectivity index (χ4n) is 3.57. The molecule has 2 aromatic rings. The predicted molar refractivity (Wildman–Crippen MR) is 126 cm³/mol. The van der Waals surface area contributed by atoms with Gasteiger partial charge in [0.25, 0.3) is 5.91 Å². The van der Waals surface area contributed by atoms with Crippen LogP contribution in [0.4, 0.5) is 11.6 Å². The van der Waals surface area contributed by atoms with Gasteiger partial charge >= 0.3 is 0 Å². The van der Waals surface area contributed by atoms with Crippen LogP contribution in [0.15, 0.2) is 18.2 Å². The molecule has 1 N–H and O–H groups in total. The summed E-state index contributed by atoms with van der Waals surface area (Å²) in [6.45, 7) is 7.36. The molecule has 1 amide bonds. The van der Waals surface area contributed by atoms with E-state index in [1.165, 1.54) is 4.90 Å². The van der Waals surface area contributed by atoms with Gasteiger partial charge in [0.1, 0.15) is 17.9 Å². The number of ether oxygens (including phenoxy) is 1. The number of halogens is 1. The van der Waals surface area contributed by atoms with Crippen molar-refractivity contribution in [3.63, 3.8) is 0 Å². The van der Waals surface area contributed by atoms with Crippen molar-refractivity contribution in [2.45, 2.75) is 45.8 Å². The van der Waals surface area contributed by atoms with Crippen LogP contribution in [0.1, 0.15) is 48.4 Å². The Bertz CT molecular complexity index is 1030. The van der Waals surface area contributed by atoms with E-state index >= 15 is 0 Å². The van der Waals surface area contributed by atoms with Gasteiger partial charge in [-0.25, -0.2) is 9.97 Å². The van der Waals surface area contributed by atoms with E-state index in [0.717, 1.165) is 24.2 Å². The van der Waals surface area contributed by atoms with Crippen LogP contribution >= 0.6 is 11.6 Å². The number of piperidine rings is 1. The van der Waals surface area contributed by atoms with Gasteiger partial charge in [-0.1, -0.05) is 11.6 Å². The fourth-order valence-corrected chi connectivity index (χ4v) is 3.79. The van der Waals surface area contributed by atoms with E-state index in [0.29, 0.717) is 29.7 Å². The maximum atomic E-state index is 12.5. The average Bonchev–Trinajstić information content (AvgIpc) is 2.75. The molecule has 1 aliphatic heterocycles. The molecule has 0 saturated carbocycles. The molecule has 0 atom stereocenters. The van der Waals surface area contributed by atoms with Crippen LogP contribution in [0.5, 0.6) is 5.75 Å². The van der Waals surface area contributed by atoms with Crippen molar-refractivity contribution in [1.82, 2.24) is 14.9 Å². The van der Waals surface area contributed by atoms with Gasteiger partial charge in [0.2, 0.25) is 0 Å². The van der Waals surface area contributed by atoms with Crippen LogP contribution in [0.2, 0.25) is 5.02 Å². The summed E-state index contributed by atoms with van der Waals surface area (Å²) in [4.78, 5) is 25.1. The lowest BCUT2D eigenvalue weighted by molar-refractivity contribution is 0.0821. The molecule has 32 heavy (non-hydrogen) atoms. The molecule has 0 unspecified atom stereocenters. The molecule has 1 saturated heterocycles. The van der Waals surface area contributed by atoms with Gasteiger partial charge in [0.15, 0.2) is 23.0 Å². The minimum atomic E-state index is -0.349. The van der Waals surface area contributed by atoms with E-state index < -0.39 is 0 Å². The molecule has 3 rings (SSSR count). The van der Waals surface area contributed by atoms with Gasteiger partial charge in [-0.3, -0.25) is 4.79 Å². The molecule has 1 fully saturated rings. The third kappa shape index (κ3) is 5.40. The van der Waals surface area contributed by atoms with Gasteiger partial charge in [-0.2, -0.15) is 5.26 Å². The van der Waals surface area contributed by atoms with Crippen molar-refractivity contribution in [2.24, 2.45) is 0 Å². The van der Waals surface area contributed by atoms with Gasteiger partial charge < -0.3 is 19.9 Å². The number of carbonyl (C=O) groups excluding carboxylic acids is 1. The zero-order valence-electron chi connectivity index (χ0n) is 19.1. The molecule has 0 spiro atoms. The quantitative estimate of drug-likeness (QED) is 0.704.